The number of halogens is 5. The zero-order valence-electron chi connectivity index (χ0n) is 25.2. The van der Waals surface area contributed by atoms with Gasteiger partial charge in [0.1, 0.15) is 24.8 Å². The lowest BCUT2D eigenvalue weighted by Gasteiger charge is -2.31. The number of nitrogens with one attached hydrogen (secondary N) is 2. The van der Waals surface area contributed by atoms with Gasteiger partial charge in [-0.3, -0.25) is 4.79 Å². The van der Waals surface area contributed by atoms with Crippen molar-refractivity contribution in [3.63, 3.8) is 0 Å². The minimum absolute atomic E-state index is 0.0273. The number of aryl methyl sites for hydroxylation is 1. The monoisotopic (exact) mass is 644 g/mol. The van der Waals surface area contributed by atoms with Crippen molar-refractivity contribution in [3.05, 3.63) is 100 Å². The van der Waals surface area contributed by atoms with Crippen LogP contribution in [0, 0.1) is 18.6 Å². The summed E-state index contributed by atoms with van der Waals surface area (Å²) in [4.78, 5) is 26.4. The van der Waals surface area contributed by atoms with Crippen LogP contribution in [0.3, 0.4) is 0 Å². The second-order valence-corrected chi connectivity index (χ2v) is 11.7. The van der Waals surface area contributed by atoms with Crippen LogP contribution in [0.25, 0.3) is 5.52 Å². The molecule has 1 aliphatic rings. The molecular formula is C33H33F5N4O4. The average molecular weight is 645 g/mol. The van der Waals surface area contributed by atoms with Crippen LogP contribution in [-0.4, -0.2) is 39.9 Å². The highest BCUT2D eigenvalue weighted by Gasteiger charge is 2.37. The van der Waals surface area contributed by atoms with Crippen LogP contribution in [0.1, 0.15) is 71.3 Å². The molecule has 0 bridgehead atoms. The summed E-state index contributed by atoms with van der Waals surface area (Å²) >= 11 is 0. The molecule has 13 heteroatoms. The number of alkyl halides is 3. The molecule has 0 saturated heterocycles. The number of rotatable bonds is 12. The number of hydrogen-bond donors (Lipinski definition) is 2. The highest BCUT2D eigenvalue weighted by molar-refractivity contribution is 6.02. The van der Waals surface area contributed by atoms with Crippen molar-refractivity contribution in [2.75, 3.05) is 6.54 Å². The number of aromatic nitrogens is 2. The van der Waals surface area contributed by atoms with E-state index in [2.05, 4.69) is 15.7 Å². The summed E-state index contributed by atoms with van der Waals surface area (Å²) in [6.45, 7) is 2.29. The maximum Gasteiger partial charge on any atom is 0.407 e. The Morgan fingerprint density at radius 3 is 2.33 bits per heavy atom. The normalized spacial score (nSPS) is 14.5. The van der Waals surface area contributed by atoms with Gasteiger partial charge in [0.25, 0.3) is 5.91 Å². The molecule has 244 valence electrons. The predicted octanol–water partition coefficient (Wildman–Crippen LogP) is 7.13. The van der Waals surface area contributed by atoms with Crippen LogP contribution in [0.4, 0.5) is 26.7 Å². The van der Waals surface area contributed by atoms with Crippen molar-refractivity contribution >= 4 is 17.5 Å². The van der Waals surface area contributed by atoms with Gasteiger partial charge in [-0.25, -0.2) is 13.6 Å². The maximum absolute atomic E-state index is 14.2. The first kappa shape index (κ1) is 32.7. The Hall–Kier alpha value is -4.68. The molecule has 2 aromatic carbocycles. The second kappa shape index (κ2) is 13.4. The third-order valence-electron chi connectivity index (χ3n) is 7.71. The summed E-state index contributed by atoms with van der Waals surface area (Å²) < 4.78 is 80.6. The van der Waals surface area contributed by atoms with Crippen molar-refractivity contribution < 1.29 is 41.0 Å². The summed E-state index contributed by atoms with van der Waals surface area (Å²) in [6.07, 6.45) is -5.60. The van der Waals surface area contributed by atoms with Gasteiger partial charge < -0.3 is 20.1 Å². The van der Waals surface area contributed by atoms with E-state index in [1.807, 2.05) is 0 Å². The van der Waals surface area contributed by atoms with Gasteiger partial charge in [0.05, 0.1) is 27.9 Å². The van der Waals surface area contributed by atoms with Crippen LogP contribution < -0.4 is 15.4 Å². The van der Waals surface area contributed by atoms with E-state index < -0.39 is 54.8 Å². The molecule has 0 spiro atoms. The molecule has 2 amide bonds. The smallest absolute Gasteiger partial charge is 0.407 e. The number of alkyl carbamates (subject to hydrolysis) is 1. The molecule has 2 N–H and O–H groups in total. The number of ether oxygens (including phenoxy) is 2. The lowest BCUT2D eigenvalue weighted by Crippen LogP contribution is -2.54. The van der Waals surface area contributed by atoms with Gasteiger partial charge in [-0.05, 0) is 62.4 Å². The Labute approximate surface area is 261 Å². The molecule has 0 radical (unpaired) electrons. The summed E-state index contributed by atoms with van der Waals surface area (Å²) in [5.74, 6) is -2.02. The maximum atomic E-state index is 14.2. The van der Waals surface area contributed by atoms with E-state index in [4.69, 9.17) is 9.47 Å². The van der Waals surface area contributed by atoms with E-state index in [0.717, 1.165) is 25.0 Å². The molecule has 4 aromatic rings. The second-order valence-electron chi connectivity index (χ2n) is 11.7. The van der Waals surface area contributed by atoms with Crippen molar-refractivity contribution in [1.82, 2.24) is 20.2 Å². The number of carbonyl (C=O) groups excluding carboxylic acids is 2. The zero-order chi connectivity index (χ0) is 33.1. The Balaban J connectivity index is 1.37. The molecule has 1 unspecified atom stereocenters. The fourth-order valence-electron chi connectivity index (χ4n) is 5.04. The predicted molar refractivity (Wildman–Crippen MR) is 158 cm³/mol. The number of benzene rings is 2. The Morgan fingerprint density at radius 2 is 1.67 bits per heavy atom. The fourth-order valence-corrected chi connectivity index (χ4v) is 5.04. The van der Waals surface area contributed by atoms with Gasteiger partial charge in [0.2, 0.25) is 5.88 Å². The molecular weight excluding hydrogens is 611 g/mol. The van der Waals surface area contributed by atoms with Gasteiger partial charge in [0.15, 0.2) is 0 Å². The van der Waals surface area contributed by atoms with Crippen molar-refractivity contribution in [2.45, 2.75) is 70.4 Å². The lowest BCUT2D eigenvalue weighted by atomic mass is 9.95. The highest BCUT2D eigenvalue weighted by atomic mass is 19.4. The standard InChI is InChI=1S/C33H33F5N4O4/c1-20-15-26-28(29(22-11-12-22)41-42(26)27(16-20)45-18-23-24(34)9-6-10-25(23)35)30(43)39-19-32(2,13-14-33(36,37)38)40-31(44)46-17-21-7-4-3-5-8-21/h3-10,15-16,22H,11-14,17-19H2,1-2H3,(H,39,43)(H,40,44). The van der Waals surface area contributed by atoms with Crippen LogP contribution in [-0.2, 0) is 18.0 Å². The van der Waals surface area contributed by atoms with Crippen molar-refractivity contribution in [2.24, 2.45) is 0 Å². The molecule has 2 heterocycles. The summed E-state index contributed by atoms with van der Waals surface area (Å²) in [5.41, 5.74) is 0.616. The van der Waals surface area contributed by atoms with Crippen molar-refractivity contribution in [3.8, 4) is 5.88 Å². The Morgan fingerprint density at radius 1 is 0.978 bits per heavy atom. The van der Waals surface area contributed by atoms with E-state index in [1.54, 1.807) is 49.4 Å². The quantitative estimate of drug-likeness (QED) is 0.160. The van der Waals surface area contributed by atoms with Crippen LogP contribution in [0.15, 0.2) is 60.7 Å². The topological polar surface area (TPSA) is 94.0 Å². The molecule has 0 aliphatic heterocycles. The molecule has 5 rings (SSSR count). The minimum atomic E-state index is -4.50. The number of nitrogens with zero attached hydrogens (tertiary/aromatic N) is 2. The van der Waals surface area contributed by atoms with E-state index in [9.17, 15) is 31.5 Å². The molecule has 1 saturated carbocycles. The van der Waals surface area contributed by atoms with E-state index in [0.29, 0.717) is 22.3 Å². The van der Waals surface area contributed by atoms with Crippen LogP contribution >= 0.6 is 0 Å². The van der Waals surface area contributed by atoms with Gasteiger partial charge in [0, 0.05) is 24.9 Å². The SMILES string of the molecule is Cc1cc(OCc2c(F)cccc2F)n2nc(C3CC3)c(C(=O)NCC(C)(CCC(F)(F)F)NC(=O)OCc3ccccc3)c2c1. The summed E-state index contributed by atoms with van der Waals surface area (Å²) in [5, 5.41) is 9.82. The lowest BCUT2D eigenvalue weighted by molar-refractivity contribution is -0.138. The molecule has 1 fully saturated rings. The zero-order valence-corrected chi connectivity index (χ0v) is 25.2. The summed E-state index contributed by atoms with van der Waals surface area (Å²) in [7, 11) is 0. The largest absolute Gasteiger partial charge is 0.473 e. The molecule has 1 aliphatic carbocycles. The third-order valence-corrected chi connectivity index (χ3v) is 7.71. The Bertz CT molecular complexity index is 1700. The van der Waals surface area contributed by atoms with Crippen LogP contribution in [0.5, 0.6) is 5.88 Å². The highest BCUT2D eigenvalue weighted by Crippen LogP contribution is 2.42. The number of carbonyl (C=O) groups is 2. The number of pyridine rings is 1. The molecule has 2 aromatic heterocycles. The summed E-state index contributed by atoms with van der Waals surface area (Å²) in [6, 6.07) is 15.6. The fraction of sp³-hybridized carbons (Fsp3) is 0.364. The van der Waals surface area contributed by atoms with Crippen molar-refractivity contribution in [1.29, 1.82) is 0 Å². The van der Waals surface area contributed by atoms with Gasteiger partial charge in [-0.1, -0.05) is 36.4 Å². The van der Waals surface area contributed by atoms with Gasteiger partial charge >= 0.3 is 12.3 Å². The van der Waals surface area contributed by atoms with Crippen LogP contribution in [0.2, 0.25) is 0 Å². The first-order valence-corrected chi connectivity index (χ1v) is 14.7. The first-order valence-electron chi connectivity index (χ1n) is 14.7. The number of fused-ring (bicyclic) bond motifs is 1. The van der Waals surface area contributed by atoms with E-state index in [-0.39, 0.29) is 36.1 Å². The molecule has 8 nitrogen and oxygen atoms in total. The third kappa shape index (κ3) is 8.12. The number of hydrogen-bond acceptors (Lipinski definition) is 5. The molecule has 1 atom stereocenters. The average Bonchev–Trinajstić information content (AvgIpc) is 3.78. The number of amides is 2. The van der Waals surface area contributed by atoms with E-state index in [1.165, 1.54) is 17.5 Å². The molecule has 46 heavy (non-hydrogen) atoms. The Kier molecular flexibility index (Phi) is 9.50. The van der Waals surface area contributed by atoms with Gasteiger partial charge in [-0.15, -0.1) is 0 Å². The van der Waals surface area contributed by atoms with Gasteiger partial charge in [-0.2, -0.15) is 22.8 Å². The first-order chi connectivity index (χ1) is 21.8. The van der Waals surface area contributed by atoms with E-state index >= 15 is 0 Å². The minimum Gasteiger partial charge on any atom is -0.473 e.